The first-order valence-electron chi connectivity index (χ1n) is 10.4. The number of nitrogens with one attached hydrogen (secondary N) is 1. The van der Waals surface area contributed by atoms with Crippen LogP contribution in [0.25, 0.3) is 0 Å². The van der Waals surface area contributed by atoms with E-state index in [9.17, 15) is 17.6 Å². The highest BCUT2D eigenvalue weighted by molar-refractivity contribution is 7.89. The van der Waals surface area contributed by atoms with E-state index in [-0.39, 0.29) is 17.0 Å². The van der Waals surface area contributed by atoms with Crippen molar-refractivity contribution in [2.75, 3.05) is 19.6 Å². The molecule has 0 aromatic heterocycles. The number of halogens is 1. The van der Waals surface area contributed by atoms with Crippen LogP contribution < -0.4 is 4.72 Å². The molecule has 0 bridgehead atoms. The van der Waals surface area contributed by atoms with Crippen molar-refractivity contribution >= 4 is 15.9 Å². The number of amides is 1. The molecule has 7 heteroatoms. The Morgan fingerprint density at radius 1 is 1.13 bits per heavy atom. The summed E-state index contributed by atoms with van der Waals surface area (Å²) in [6.45, 7) is 5.07. The van der Waals surface area contributed by atoms with Crippen molar-refractivity contribution < 1.29 is 17.6 Å². The van der Waals surface area contributed by atoms with E-state index < -0.39 is 21.7 Å². The molecule has 0 spiro atoms. The number of sulfonamides is 1. The van der Waals surface area contributed by atoms with Crippen LogP contribution >= 0.6 is 0 Å². The average Bonchev–Trinajstić information content (AvgIpc) is 2.73. The maximum atomic E-state index is 14.3. The van der Waals surface area contributed by atoms with Gasteiger partial charge >= 0.3 is 0 Å². The van der Waals surface area contributed by atoms with Crippen LogP contribution in [0.4, 0.5) is 4.39 Å². The van der Waals surface area contributed by atoms with Crippen LogP contribution in [0.1, 0.15) is 47.7 Å². The second-order valence-corrected chi connectivity index (χ2v) is 9.67. The fraction of sp³-hybridized carbons (Fsp3) is 0.435. The predicted molar refractivity (Wildman–Crippen MR) is 115 cm³/mol. The molecule has 1 heterocycles. The van der Waals surface area contributed by atoms with Crippen LogP contribution in [0.15, 0.2) is 47.4 Å². The molecule has 30 heavy (non-hydrogen) atoms. The number of carbonyl (C=O) groups is 1. The van der Waals surface area contributed by atoms with Gasteiger partial charge in [0.05, 0.1) is 10.5 Å². The zero-order chi connectivity index (χ0) is 21.7. The molecule has 5 nitrogen and oxygen atoms in total. The summed E-state index contributed by atoms with van der Waals surface area (Å²) in [5, 5.41) is 0. The Balaban J connectivity index is 1.60. The van der Waals surface area contributed by atoms with Crippen LogP contribution in [-0.2, 0) is 16.4 Å². The van der Waals surface area contributed by atoms with Gasteiger partial charge < -0.3 is 4.90 Å². The van der Waals surface area contributed by atoms with Crippen molar-refractivity contribution in [3.05, 3.63) is 65.0 Å². The van der Waals surface area contributed by atoms with E-state index in [0.717, 1.165) is 37.8 Å². The highest BCUT2D eigenvalue weighted by Crippen LogP contribution is 2.25. The van der Waals surface area contributed by atoms with Crippen molar-refractivity contribution in [2.24, 2.45) is 5.92 Å². The number of piperidine rings is 1. The summed E-state index contributed by atoms with van der Waals surface area (Å²) < 4.78 is 41.0. The maximum absolute atomic E-state index is 14.3. The largest absolute Gasteiger partial charge is 0.339 e. The topological polar surface area (TPSA) is 66.5 Å². The van der Waals surface area contributed by atoms with E-state index in [1.807, 2.05) is 0 Å². The van der Waals surface area contributed by atoms with Crippen molar-refractivity contribution in [3.8, 4) is 0 Å². The predicted octanol–water partition coefficient (Wildman–Crippen LogP) is 3.92. The van der Waals surface area contributed by atoms with Gasteiger partial charge in [0.15, 0.2) is 0 Å². The van der Waals surface area contributed by atoms with Crippen LogP contribution in [0, 0.1) is 18.7 Å². The normalized spacial score (nSPS) is 15.4. The van der Waals surface area contributed by atoms with Gasteiger partial charge in [-0.05, 0) is 62.3 Å². The van der Waals surface area contributed by atoms with Crippen LogP contribution in [0.2, 0.25) is 0 Å². The van der Waals surface area contributed by atoms with Crippen LogP contribution in [-0.4, -0.2) is 38.9 Å². The monoisotopic (exact) mass is 432 g/mol. The van der Waals surface area contributed by atoms with E-state index in [2.05, 4.69) is 35.9 Å². The van der Waals surface area contributed by atoms with Crippen LogP contribution in [0.3, 0.4) is 0 Å². The van der Waals surface area contributed by atoms with Gasteiger partial charge in [0.25, 0.3) is 5.91 Å². The minimum Gasteiger partial charge on any atom is -0.339 e. The van der Waals surface area contributed by atoms with Gasteiger partial charge in [0.2, 0.25) is 10.0 Å². The quantitative estimate of drug-likeness (QED) is 0.721. The number of nitrogens with zero attached hydrogens (tertiary/aromatic N) is 1. The Labute approximate surface area is 178 Å². The first-order chi connectivity index (χ1) is 14.3. The highest BCUT2D eigenvalue weighted by atomic mass is 32.2. The molecule has 3 rings (SSSR count). The molecule has 1 amide bonds. The summed E-state index contributed by atoms with van der Waals surface area (Å²) >= 11 is 0. The molecular weight excluding hydrogens is 403 g/mol. The second kappa shape index (κ2) is 9.71. The molecule has 0 unspecified atom stereocenters. The number of rotatable bonds is 7. The Morgan fingerprint density at radius 3 is 2.43 bits per heavy atom. The van der Waals surface area contributed by atoms with Crippen molar-refractivity contribution in [3.63, 3.8) is 0 Å². The lowest BCUT2D eigenvalue weighted by Crippen LogP contribution is -2.39. The molecule has 0 atom stereocenters. The summed E-state index contributed by atoms with van der Waals surface area (Å²) in [4.78, 5) is 14.4. The molecule has 162 valence electrons. The van der Waals surface area contributed by atoms with Gasteiger partial charge in [-0.15, -0.1) is 0 Å². The molecule has 0 saturated carbocycles. The van der Waals surface area contributed by atoms with E-state index in [1.165, 1.54) is 17.2 Å². The van der Waals surface area contributed by atoms with Gasteiger partial charge in [-0.25, -0.2) is 17.5 Å². The van der Waals surface area contributed by atoms with E-state index in [0.29, 0.717) is 19.0 Å². The lowest BCUT2D eigenvalue weighted by molar-refractivity contribution is 0.0682. The molecule has 0 radical (unpaired) electrons. The standard InChI is InChI=1S/C23H29FN2O3S/c1-3-25-30(28,29)20-10-11-22(24)21(16-20)23(27)26-14-12-19(13-15-26)9-8-18-6-4-17(2)5-7-18/h4-7,10-11,16,19,25H,3,8-9,12-15H2,1-2H3. The highest BCUT2D eigenvalue weighted by Gasteiger charge is 2.26. The first kappa shape index (κ1) is 22.4. The van der Waals surface area contributed by atoms with E-state index in [1.54, 1.807) is 11.8 Å². The third kappa shape index (κ3) is 5.46. The Kier molecular flexibility index (Phi) is 7.26. The summed E-state index contributed by atoms with van der Waals surface area (Å²) in [6, 6.07) is 11.9. The average molecular weight is 433 g/mol. The Bertz CT molecular complexity index is 982. The van der Waals surface area contributed by atoms with Gasteiger partial charge in [-0.2, -0.15) is 0 Å². The third-order valence-corrected chi connectivity index (χ3v) is 7.22. The second-order valence-electron chi connectivity index (χ2n) is 7.90. The molecule has 1 saturated heterocycles. The molecule has 1 N–H and O–H groups in total. The third-order valence-electron chi connectivity index (χ3n) is 5.68. The lowest BCUT2D eigenvalue weighted by Gasteiger charge is -2.32. The van der Waals surface area contributed by atoms with Gasteiger partial charge in [0, 0.05) is 19.6 Å². The van der Waals surface area contributed by atoms with Gasteiger partial charge in [0.1, 0.15) is 5.82 Å². The zero-order valence-corrected chi connectivity index (χ0v) is 18.3. The molecule has 1 aliphatic heterocycles. The lowest BCUT2D eigenvalue weighted by atomic mass is 9.90. The Morgan fingerprint density at radius 2 is 1.80 bits per heavy atom. The van der Waals surface area contributed by atoms with Crippen molar-refractivity contribution in [1.82, 2.24) is 9.62 Å². The minimum atomic E-state index is -3.75. The van der Waals surface area contributed by atoms with Gasteiger partial charge in [-0.3, -0.25) is 4.79 Å². The fourth-order valence-corrected chi connectivity index (χ4v) is 4.90. The summed E-state index contributed by atoms with van der Waals surface area (Å²) in [5.74, 6) is -0.615. The van der Waals surface area contributed by atoms with E-state index in [4.69, 9.17) is 0 Å². The number of benzene rings is 2. The molecule has 2 aromatic carbocycles. The number of likely N-dealkylation sites (tertiary alicyclic amines) is 1. The number of hydrogen-bond acceptors (Lipinski definition) is 3. The maximum Gasteiger partial charge on any atom is 0.256 e. The fourth-order valence-electron chi connectivity index (χ4n) is 3.83. The van der Waals surface area contributed by atoms with Crippen LogP contribution in [0.5, 0.6) is 0 Å². The summed E-state index contributed by atoms with van der Waals surface area (Å²) in [7, 11) is -3.75. The number of hydrogen-bond donors (Lipinski definition) is 1. The molecular formula is C23H29FN2O3S. The SMILES string of the molecule is CCNS(=O)(=O)c1ccc(F)c(C(=O)N2CCC(CCc3ccc(C)cc3)CC2)c1. The molecule has 1 fully saturated rings. The number of carbonyl (C=O) groups excluding carboxylic acids is 1. The number of aryl methyl sites for hydroxylation is 2. The van der Waals surface area contributed by atoms with Gasteiger partial charge in [-0.1, -0.05) is 36.8 Å². The first-order valence-corrected chi connectivity index (χ1v) is 11.9. The molecule has 2 aromatic rings. The molecule has 1 aliphatic rings. The van der Waals surface area contributed by atoms with Crippen molar-refractivity contribution in [2.45, 2.75) is 44.4 Å². The summed E-state index contributed by atoms with van der Waals surface area (Å²) in [5.41, 5.74) is 2.38. The minimum absolute atomic E-state index is 0.0953. The summed E-state index contributed by atoms with van der Waals surface area (Å²) in [6.07, 6.45) is 3.82. The molecule has 0 aliphatic carbocycles. The zero-order valence-electron chi connectivity index (χ0n) is 17.5. The smallest absolute Gasteiger partial charge is 0.256 e. The van der Waals surface area contributed by atoms with E-state index >= 15 is 0 Å². The Hall–Kier alpha value is -2.25. The van der Waals surface area contributed by atoms with Crippen molar-refractivity contribution in [1.29, 1.82) is 0 Å².